The number of amides is 1. The van der Waals surface area contributed by atoms with Gasteiger partial charge in [0.1, 0.15) is 17.7 Å². The minimum atomic E-state index is -0.536. The maximum absolute atomic E-state index is 12.8. The molecule has 2 heterocycles. The molecule has 1 amide bonds. The van der Waals surface area contributed by atoms with Crippen LogP contribution in [0, 0.1) is 11.6 Å². The van der Waals surface area contributed by atoms with E-state index in [0.29, 0.717) is 18.8 Å². The van der Waals surface area contributed by atoms with Crippen LogP contribution in [0.2, 0.25) is 0 Å². The van der Waals surface area contributed by atoms with Gasteiger partial charge in [-0.1, -0.05) is 0 Å². The van der Waals surface area contributed by atoms with Gasteiger partial charge in [-0.05, 0) is 37.1 Å². The predicted molar refractivity (Wildman–Crippen MR) is 84.1 cm³/mol. The largest absolute Gasteiger partial charge is 0.484 e. The lowest BCUT2D eigenvalue weighted by atomic mass is 10.1. The Morgan fingerprint density at radius 1 is 1.16 bits per heavy atom. The zero-order valence-electron chi connectivity index (χ0n) is 13.4. The molecule has 1 aromatic heterocycles. The van der Waals surface area contributed by atoms with Crippen LogP contribution >= 0.6 is 0 Å². The summed E-state index contributed by atoms with van der Waals surface area (Å²) in [5.74, 6) is -0.652. The van der Waals surface area contributed by atoms with Crippen LogP contribution < -0.4 is 9.47 Å². The van der Waals surface area contributed by atoms with Crippen molar-refractivity contribution in [3.05, 3.63) is 48.3 Å². The summed E-state index contributed by atoms with van der Waals surface area (Å²) in [6.07, 6.45) is 3.33. The van der Waals surface area contributed by atoms with Crippen molar-refractivity contribution in [3.63, 3.8) is 0 Å². The van der Waals surface area contributed by atoms with Gasteiger partial charge < -0.3 is 14.4 Å². The molecule has 1 atom stereocenters. The zero-order chi connectivity index (χ0) is 17.6. The monoisotopic (exact) mass is 349 g/mol. The molecule has 3 rings (SSSR count). The predicted octanol–water partition coefficient (Wildman–Crippen LogP) is 2.20. The normalized spacial score (nSPS) is 17.2. The van der Waals surface area contributed by atoms with Crippen LogP contribution in [0.3, 0.4) is 0 Å². The van der Waals surface area contributed by atoms with Gasteiger partial charge in [0.2, 0.25) is 0 Å². The van der Waals surface area contributed by atoms with Crippen LogP contribution in [0.15, 0.2) is 36.7 Å². The van der Waals surface area contributed by atoms with Crippen molar-refractivity contribution in [2.75, 3.05) is 19.7 Å². The van der Waals surface area contributed by atoms with E-state index in [4.69, 9.17) is 9.47 Å². The molecule has 1 aromatic carbocycles. The highest BCUT2D eigenvalue weighted by molar-refractivity contribution is 5.77. The third kappa shape index (κ3) is 4.85. The number of piperidine rings is 1. The summed E-state index contributed by atoms with van der Waals surface area (Å²) in [7, 11) is 0. The van der Waals surface area contributed by atoms with E-state index >= 15 is 0 Å². The van der Waals surface area contributed by atoms with E-state index in [-0.39, 0.29) is 30.4 Å². The van der Waals surface area contributed by atoms with Gasteiger partial charge in [0.25, 0.3) is 5.91 Å². The highest BCUT2D eigenvalue weighted by Gasteiger charge is 2.25. The standard InChI is InChI=1S/C17H17F2N3O3/c18-12-3-5-14(6-4-12)24-11-16(23)22-7-1-2-15(10-22)25-17-20-8-13(19)9-21-17/h3-6,8-9,15H,1-2,7,10-11H2/t15-/m1/s1. The summed E-state index contributed by atoms with van der Waals surface area (Å²) in [6.45, 7) is 0.855. The van der Waals surface area contributed by atoms with Crippen LogP contribution in [0.1, 0.15) is 12.8 Å². The molecule has 1 saturated heterocycles. The van der Waals surface area contributed by atoms with Crippen LogP contribution in [-0.2, 0) is 4.79 Å². The first kappa shape index (κ1) is 17.1. The second-order valence-electron chi connectivity index (χ2n) is 5.65. The van der Waals surface area contributed by atoms with Crippen molar-refractivity contribution in [3.8, 4) is 11.8 Å². The molecule has 1 aliphatic heterocycles. The van der Waals surface area contributed by atoms with Gasteiger partial charge in [-0.25, -0.2) is 18.7 Å². The first-order valence-electron chi connectivity index (χ1n) is 7.90. The molecule has 25 heavy (non-hydrogen) atoms. The summed E-state index contributed by atoms with van der Waals surface area (Å²) in [5, 5.41) is 0. The molecule has 0 N–H and O–H groups in total. The van der Waals surface area contributed by atoms with Gasteiger partial charge in [0.15, 0.2) is 12.4 Å². The molecule has 8 heteroatoms. The van der Waals surface area contributed by atoms with Crippen LogP contribution in [0.5, 0.6) is 11.8 Å². The number of hydrogen-bond donors (Lipinski definition) is 0. The molecule has 0 bridgehead atoms. The summed E-state index contributed by atoms with van der Waals surface area (Å²) in [5.41, 5.74) is 0. The average Bonchev–Trinajstić information content (AvgIpc) is 2.63. The maximum atomic E-state index is 12.8. The number of halogens is 2. The second-order valence-corrected chi connectivity index (χ2v) is 5.65. The Hall–Kier alpha value is -2.77. The maximum Gasteiger partial charge on any atom is 0.316 e. The van der Waals surface area contributed by atoms with Crippen LogP contribution in [0.25, 0.3) is 0 Å². The minimum absolute atomic E-state index is 0.0864. The highest BCUT2D eigenvalue weighted by Crippen LogP contribution is 2.16. The molecule has 6 nitrogen and oxygen atoms in total. The lowest BCUT2D eigenvalue weighted by Gasteiger charge is -2.32. The number of likely N-dealkylation sites (tertiary alicyclic amines) is 1. The molecule has 1 aliphatic rings. The lowest BCUT2D eigenvalue weighted by Crippen LogP contribution is -2.46. The molecule has 132 valence electrons. The Morgan fingerprint density at radius 3 is 2.60 bits per heavy atom. The minimum Gasteiger partial charge on any atom is -0.484 e. The number of carbonyl (C=O) groups is 1. The summed E-state index contributed by atoms with van der Waals surface area (Å²) < 4.78 is 36.6. The smallest absolute Gasteiger partial charge is 0.316 e. The van der Waals surface area contributed by atoms with E-state index in [1.165, 1.54) is 24.3 Å². The molecule has 0 aliphatic carbocycles. The van der Waals surface area contributed by atoms with E-state index < -0.39 is 5.82 Å². The van der Waals surface area contributed by atoms with Crippen molar-refractivity contribution < 1.29 is 23.0 Å². The van der Waals surface area contributed by atoms with E-state index in [1.54, 1.807) is 4.90 Å². The average molecular weight is 349 g/mol. The number of ether oxygens (including phenoxy) is 2. The quantitative estimate of drug-likeness (QED) is 0.828. The fourth-order valence-electron chi connectivity index (χ4n) is 2.54. The fraction of sp³-hybridized carbons (Fsp3) is 0.353. The zero-order valence-corrected chi connectivity index (χ0v) is 13.4. The van der Waals surface area contributed by atoms with Gasteiger partial charge >= 0.3 is 6.01 Å². The van der Waals surface area contributed by atoms with E-state index in [2.05, 4.69) is 9.97 Å². The molecular formula is C17H17F2N3O3. The third-order valence-corrected chi connectivity index (χ3v) is 3.78. The number of aromatic nitrogens is 2. The Balaban J connectivity index is 1.50. The van der Waals surface area contributed by atoms with E-state index in [0.717, 1.165) is 25.2 Å². The van der Waals surface area contributed by atoms with Gasteiger partial charge in [0, 0.05) is 6.54 Å². The topological polar surface area (TPSA) is 64.5 Å². The molecule has 2 aromatic rings. The van der Waals surface area contributed by atoms with Crippen molar-refractivity contribution in [1.82, 2.24) is 14.9 Å². The first-order chi connectivity index (χ1) is 12.1. The highest BCUT2D eigenvalue weighted by atomic mass is 19.1. The van der Waals surface area contributed by atoms with Gasteiger partial charge in [-0.2, -0.15) is 0 Å². The Kier molecular flexibility index (Phi) is 5.37. The lowest BCUT2D eigenvalue weighted by molar-refractivity contribution is -0.136. The molecule has 0 radical (unpaired) electrons. The summed E-state index contributed by atoms with van der Waals surface area (Å²) in [4.78, 5) is 21.4. The van der Waals surface area contributed by atoms with Crippen LogP contribution in [-0.4, -0.2) is 46.6 Å². The van der Waals surface area contributed by atoms with Gasteiger partial charge in [-0.15, -0.1) is 0 Å². The second kappa shape index (κ2) is 7.87. The van der Waals surface area contributed by atoms with E-state index in [9.17, 15) is 13.6 Å². The Bertz CT molecular complexity index is 710. The third-order valence-electron chi connectivity index (χ3n) is 3.78. The van der Waals surface area contributed by atoms with Crippen molar-refractivity contribution in [2.45, 2.75) is 18.9 Å². The number of rotatable bonds is 5. The Labute approximate surface area is 143 Å². The van der Waals surface area contributed by atoms with Crippen molar-refractivity contribution in [2.24, 2.45) is 0 Å². The molecule has 0 saturated carbocycles. The molecule has 1 fully saturated rings. The summed E-state index contributed by atoms with van der Waals surface area (Å²) >= 11 is 0. The summed E-state index contributed by atoms with van der Waals surface area (Å²) in [6, 6.07) is 5.57. The molecule has 0 unspecified atom stereocenters. The Morgan fingerprint density at radius 2 is 1.88 bits per heavy atom. The van der Waals surface area contributed by atoms with Crippen LogP contribution in [0.4, 0.5) is 8.78 Å². The number of carbonyl (C=O) groups excluding carboxylic acids is 1. The molecular weight excluding hydrogens is 332 g/mol. The van der Waals surface area contributed by atoms with Gasteiger partial charge in [0.05, 0.1) is 18.9 Å². The van der Waals surface area contributed by atoms with Gasteiger partial charge in [-0.3, -0.25) is 4.79 Å². The van der Waals surface area contributed by atoms with Crippen molar-refractivity contribution in [1.29, 1.82) is 0 Å². The first-order valence-corrected chi connectivity index (χ1v) is 7.90. The van der Waals surface area contributed by atoms with Crippen molar-refractivity contribution >= 4 is 5.91 Å². The fourth-order valence-corrected chi connectivity index (χ4v) is 2.54. The SMILES string of the molecule is O=C(COc1ccc(F)cc1)N1CCC[C@@H](Oc2ncc(F)cn2)C1. The molecule has 0 spiro atoms. The number of benzene rings is 1. The van der Waals surface area contributed by atoms with E-state index in [1.807, 2.05) is 0 Å². The number of hydrogen-bond acceptors (Lipinski definition) is 5. The number of nitrogens with zero attached hydrogens (tertiary/aromatic N) is 3.